The number of methoxy groups -OCH3 is 2. The first-order valence-electron chi connectivity index (χ1n) is 9.52. The fraction of sp³-hybridized carbons (Fsp3) is 0.318. The van der Waals surface area contributed by atoms with Crippen molar-refractivity contribution in [1.29, 1.82) is 0 Å². The first-order chi connectivity index (χ1) is 14.0. The molecule has 0 aromatic heterocycles. The Kier molecular flexibility index (Phi) is 6.49. The molecule has 0 saturated carbocycles. The number of imide groups is 1. The lowest BCUT2D eigenvalue weighted by atomic mass is 10.1. The van der Waals surface area contributed by atoms with Crippen LogP contribution < -0.4 is 14.8 Å². The third-order valence-corrected chi connectivity index (χ3v) is 4.83. The molecule has 1 N–H and O–H groups in total. The maximum absolute atomic E-state index is 12.3. The predicted octanol–water partition coefficient (Wildman–Crippen LogP) is 3.50. The fourth-order valence-electron chi connectivity index (χ4n) is 3.31. The maximum Gasteiger partial charge on any atom is 0.261 e. The van der Waals surface area contributed by atoms with Crippen LogP contribution in [0, 0.1) is 0 Å². The molecule has 0 spiro atoms. The third kappa shape index (κ3) is 4.56. The van der Waals surface area contributed by atoms with Crippen molar-refractivity contribution < 1.29 is 23.9 Å². The number of rotatable bonds is 9. The van der Waals surface area contributed by atoms with Gasteiger partial charge in [-0.25, -0.2) is 0 Å². The maximum atomic E-state index is 12.3. The average Bonchev–Trinajstić information content (AvgIpc) is 2.98. The van der Waals surface area contributed by atoms with E-state index in [1.54, 1.807) is 49.6 Å². The van der Waals surface area contributed by atoms with Crippen LogP contribution in [0.4, 0.5) is 5.69 Å². The number of nitrogens with zero attached hydrogens (tertiary/aromatic N) is 1. The van der Waals surface area contributed by atoms with Gasteiger partial charge in [-0.1, -0.05) is 18.6 Å². The molecule has 1 aliphatic rings. The summed E-state index contributed by atoms with van der Waals surface area (Å²) in [6.07, 6.45) is 2.43. The highest BCUT2D eigenvalue weighted by Crippen LogP contribution is 2.29. The summed E-state index contributed by atoms with van der Waals surface area (Å²) in [5, 5.41) is 2.83. The van der Waals surface area contributed by atoms with Crippen LogP contribution in [-0.2, 0) is 4.79 Å². The fourth-order valence-corrected chi connectivity index (χ4v) is 3.31. The molecule has 7 heteroatoms. The van der Waals surface area contributed by atoms with Gasteiger partial charge in [0, 0.05) is 24.7 Å². The van der Waals surface area contributed by atoms with E-state index in [0.29, 0.717) is 54.1 Å². The van der Waals surface area contributed by atoms with Crippen molar-refractivity contribution in [3.05, 3.63) is 53.6 Å². The smallest absolute Gasteiger partial charge is 0.261 e. The summed E-state index contributed by atoms with van der Waals surface area (Å²) in [6.45, 7) is 0.365. The summed E-state index contributed by atoms with van der Waals surface area (Å²) in [7, 11) is 3.09. The summed E-state index contributed by atoms with van der Waals surface area (Å²) in [5.74, 6) is 0.566. The van der Waals surface area contributed by atoms with E-state index in [9.17, 15) is 14.4 Å². The zero-order valence-corrected chi connectivity index (χ0v) is 16.6. The standard InChI is InChI=1S/C22H24N2O5/c1-28-18-12-11-15(14-19(18)29-2)23-20(25)10-4-3-7-13-24-21(26)16-8-5-6-9-17(16)22(24)27/h5-6,8-9,11-12,14H,3-4,7,10,13H2,1-2H3,(H,23,25). The molecule has 152 valence electrons. The van der Waals surface area contributed by atoms with Gasteiger partial charge in [-0.3, -0.25) is 19.3 Å². The Labute approximate surface area is 169 Å². The second-order valence-corrected chi connectivity index (χ2v) is 6.74. The van der Waals surface area contributed by atoms with E-state index in [1.807, 2.05) is 0 Å². The minimum atomic E-state index is -0.239. The highest BCUT2D eigenvalue weighted by Gasteiger charge is 2.34. The average molecular weight is 396 g/mol. The van der Waals surface area contributed by atoms with Gasteiger partial charge in [-0.2, -0.15) is 0 Å². The molecule has 0 aliphatic carbocycles. The third-order valence-electron chi connectivity index (χ3n) is 4.83. The highest BCUT2D eigenvalue weighted by molar-refractivity contribution is 6.21. The monoisotopic (exact) mass is 396 g/mol. The van der Waals surface area contributed by atoms with E-state index in [4.69, 9.17) is 9.47 Å². The normalized spacial score (nSPS) is 12.7. The number of carbonyl (C=O) groups excluding carboxylic acids is 3. The summed E-state index contributed by atoms with van der Waals surface area (Å²) >= 11 is 0. The van der Waals surface area contributed by atoms with Gasteiger partial charge in [-0.05, 0) is 37.1 Å². The number of amides is 3. The quantitative estimate of drug-likeness (QED) is 0.518. The van der Waals surface area contributed by atoms with E-state index in [2.05, 4.69) is 5.32 Å². The van der Waals surface area contributed by atoms with Crippen LogP contribution in [0.5, 0.6) is 11.5 Å². The number of carbonyl (C=O) groups is 3. The Bertz CT molecular complexity index is 890. The van der Waals surface area contributed by atoms with Crippen LogP contribution in [0.25, 0.3) is 0 Å². The highest BCUT2D eigenvalue weighted by atomic mass is 16.5. The molecule has 0 bridgehead atoms. The number of hydrogen-bond donors (Lipinski definition) is 1. The van der Waals surface area contributed by atoms with E-state index >= 15 is 0 Å². The van der Waals surface area contributed by atoms with Gasteiger partial charge < -0.3 is 14.8 Å². The number of benzene rings is 2. The van der Waals surface area contributed by atoms with Crippen molar-refractivity contribution in [2.45, 2.75) is 25.7 Å². The van der Waals surface area contributed by atoms with Crippen molar-refractivity contribution >= 4 is 23.4 Å². The van der Waals surface area contributed by atoms with Crippen LogP contribution in [0.15, 0.2) is 42.5 Å². The van der Waals surface area contributed by atoms with Crippen molar-refractivity contribution in [3.63, 3.8) is 0 Å². The topological polar surface area (TPSA) is 84.9 Å². The number of hydrogen-bond acceptors (Lipinski definition) is 5. The molecule has 0 atom stereocenters. The Balaban J connectivity index is 1.41. The summed E-state index contributed by atoms with van der Waals surface area (Å²) in [4.78, 5) is 38.0. The number of ether oxygens (including phenoxy) is 2. The minimum absolute atomic E-state index is 0.0991. The van der Waals surface area contributed by atoms with Gasteiger partial charge in [0.1, 0.15) is 0 Å². The summed E-state index contributed by atoms with van der Waals surface area (Å²) in [5.41, 5.74) is 1.57. The lowest BCUT2D eigenvalue weighted by Crippen LogP contribution is -2.30. The molecule has 7 nitrogen and oxygen atoms in total. The van der Waals surface area contributed by atoms with Gasteiger partial charge in [-0.15, -0.1) is 0 Å². The molecule has 0 radical (unpaired) electrons. The molecule has 3 rings (SSSR count). The SMILES string of the molecule is COc1ccc(NC(=O)CCCCCN2C(=O)c3ccccc3C2=O)cc1OC. The molecule has 0 fully saturated rings. The van der Waals surface area contributed by atoms with Gasteiger partial charge in [0.05, 0.1) is 25.3 Å². The van der Waals surface area contributed by atoms with Crippen molar-refractivity contribution in [3.8, 4) is 11.5 Å². The first-order valence-corrected chi connectivity index (χ1v) is 9.52. The number of anilines is 1. The predicted molar refractivity (Wildman–Crippen MR) is 108 cm³/mol. The molecule has 1 heterocycles. The lowest BCUT2D eigenvalue weighted by Gasteiger charge is -2.13. The second kappa shape index (κ2) is 9.23. The van der Waals surface area contributed by atoms with E-state index < -0.39 is 0 Å². The van der Waals surface area contributed by atoms with Crippen molar-refractivity contribution in [2.24, 2.45) is 0 Å². The van der Waals surface area contributed by atoms with Crippen LogP contribution >= 0.6 is 0 Å². The van der Waals surface area contributed by atoms with Crippen molar-refractivity contribution in [1.82, 2.24) is 4.90 Å². The number of unbranched alkanes of at least 4 members (excludes halogenated alkanes) is 2. The zero-order chi connectivity index (χ0) is 20.8. The van der Waals surface area contributed by atoms with Gasteiger partial charge in [0.25, 0.3) is 11.8 Å². The van der Waals surface area contributed by atoms with Crippen LogP contribution in [0.3, 0.4) is 0 Å². The first kappa shape index (κ1) is 20.4. The Morgan fingerprint density at radius 3 is 2.17 bits per heavy atom. The molecule has 0 saturated heterocycles. The Morgan fingerprint density at radius 2 is 1.55 bits per heavy atom. The second-order valence-electron chi connectivity index (χ2n) is 6.74. The van der Waals surface area contributed by atoms with Gasteiger partial charge in [0.2, 0.25) is 5.91 Å². The van der Waals surface area contributed by atoms with Gasteiger partial charge in [0.15, 0.2) is 11.5 Å². The lowest BCUT2D eigenvalue weighted by molar-refractivity contribution is -0.116. The van der Waals surface area contributed by atoms with E-state index in [0.717, 1.165) is 6.42 Å². The zero-order valence-electron chi connectivity index (χ0n) is 16.6. The Hall–Kier alpha value is -3.35. The molecular weight excluding hydrogens is 372 g/mol. The number of fused-ring (bicyclic) bond motifs is 1. The molecule has 1 aliphatic heterocycles. The Morgan fingerprint density at radius 1 is 0.897 bits per heavy atom. The van der Waals surface area contributed by atoms with Crippen molar-refractivity contribution in [2.75, 3.05) is 26.1 Å². The van der Waals surface area contributed by atoms with Crippen LogP contribution in [0.1, 0.15) is 46.4 Å². The van der Waals surface area contributed by atoms with E-state index in [-0.39, 0.29) is 17.7 Å². The minimum Gasteiger partial charge on any atom is -0.493 e. The molecule has 3 amide bonds. The largest absolute Gasteiger partial charge is 0.493 e. The summed E-state index contributed by atoms with van der Waals surface area (Å²) < 4.78 is 10.4. The van der Waals surface area contributed by atoms with Crippen LogP contribution in [0.2, 0.25) is 0 Å². The molecular formula is C22H24N2O5. The van der Waals surface area contributed by atoms with Crippen LogP contribution in [-0.4, -0.2) is 43.4 Å². The molecule has 2 aromatic carbocycles. The number of nitrogens with one attached hydrogen (secondary N) is 1. The van der Waals surface area contributed by atoms with E-state index in [1.165, 1.54) is 12.0 Å². The van der Waals surface area contributed by atoms with Gasteiger partial charge >= 0.3 is 0 Å². The molecule has 29 heavy (non-hydrogen) atoms. The molecule has 0 unspecified atom stereocenters. The summed E-state index contributed by atoms with van der Waals surface area (Å²) in [6, 6.07) is 12.0. The molecule has 2 aromatic rings.